The summed E-state index contributed by atoms with van der Waals surface area (Å²) in [5.41, 5.74) is 1.96. The molecule has 0 spiro atoms. The molecule has 3 rings (SSSR count). The summed E-state index contributed by atoms with van der Waals surface area (Å²) in [6.45, 7) is 4.22. The molecule has 3 aromatic rings. The number of carbonyl (C=O) groups is 1. The van der Waals surface area contributed by atoms with E-state index in [9.17, 15) is 4.79 Å². The third kappa shape index (κ3) is 5.23. The van der Waals surface area contributed by atoms with Crippen LogP contribution in [0.15, 0.2) is 58.2 Å². The van der Waals surface area contributed by atoms with Crippen LogP contribution < -0.4 is 4.74 Å². The number of nitrogens with zero attached hydrogens (tertiary/aromatic N) is 3. The zero-order valence-corrected chi connectivity index (χ0v) is 18.3. The molecule has 0 saturated carbocycles. The highest BCUT2D eigenvalue weighted by Crippen LogP contribution is 2.30. The third-order valence-electron chi connectivity index (χ3n) is 4.05. The van der Waals surface area contributed by atoms with Crippen LogP contribution in [0, 0.1) is 0 Å². The van der Waals surface area contributed by atoms with Crippen molar-refractivity contribution in [2.45, 2.75) is 31.8 Å². The second-order valence-corrected chi connectivity index (χ2v) is 8.21. The Labute approximate surface area is 177 Å². The molecule has 146 valence electrons. The summed E-state index contributed by atoms with van der Waals surface area (Å²) in [4.78, 5) is 11.2. The van der Waals surface area contributed by atoms with Gasteiger partial charge in [0.15, 0.2) is 11.0 Å². The molecule has 7 heteroatoms. The van der Waals surface area contributed by atoms with E-state index in [-0.39, 0.29) is 5.78 Å². The number of halogens is 1. The fourth-order valence-corrected chi connectivity index (χ4v) is 3.88. The lowest BCUT2D eigenvalue weighted by atomic mass is 10.2. The first kappa shape index (κ1) is 20.6. The average molecular weight is 460 g/mol. The number of rotatable bonds is 9. The zero-order chi connectivity index (χ0) is 19.9. The van der Waals surface area contributed by atoms with Gasteiger partial charge >= 0.3 is 0 Å². The van der Waals surface area contributed by atoms with Gasteiger partial charge in [0, 0.05) is 27.9 Å². The normalized spacial score (nSPS) is 10.8. The molecular formula is C21H22BrN3O2S. The lowest BCUT2D eigenvalue weighted by Gasteiger charge is -2.11. The quantitative estimate of drug-likeness (QED) is 0.309. The van der Waals surface area contributed by atoms with Crippen molar-refractivity contribution in [1.82, 2.24) is 14.8 Å². The van der Waals surface area contributed by atoms with E-state index in [0.29, 0.717) is 13.0 Å². The molecule has 2 aromatic carbocycles. The van der Waals surface area contributed by atoms with E-state index in [0.717, 1.165) is 44.6 Å². The molecule has 0 amide bonds. The van der Waals surface area contributed by atoms with Crippen LogP contribution in [0.2, 0.25) is 0 Å². The average Bonchev–Trinajstić information content (AvgIpc) is 3.10. The van der Waals surface area contributed by atoms with Crippen LogP contribution in [-0.2, 0) is 4.79 Å². The molecule has 0 radical (unpaired) electrons. The Kier molecular flexibility index (Phi) is 7.28. The van der Waals surface area contributed by atoms with Crippen molar-refractivity contribution in [2.75, 3.05) is 12.4 Å². The third-order valence-corrected chi connectivity index (χ3v) is 5.59. The van der Waals surface area contributed by atoms with Crippen molar-refractivity contribution < 1.29 is 9.53 Å². The Bertz CT molecular complexity index is 924. The highest BCUT2D eigenvalue weighted by Gasteiger charge is 2.16. The highest BCUT2D eigenvalue weighted by atomic mass is 79.9. The lowest BCUT2D eigenvalue weighted by molar-refractivity contribution is -0.117. The van der Waals surface area contributed by atoms with Crippen LogP contribution >= 0.6 is 27.7 Å². The molecule has 5 nitrogen and oxygen atoms in total. The summed E-state index contributed by atoms with van der Waals surface area (Å²) >= 11 is 5.09. The molecule has 0 unspecified atom stereocenters. The molecule has 0 saturated heterocycles. The van der Waals surface area contributed by atoms with E-state index in [2.05, 4.69) is 30.7 Å². The van der Waals surface area contributed by atoms with Gasteiger partial charge in [-0.1, -0.05) is 39.8 Å². The first-order valence-electron chi connectivity index (χ1n) is 9.15. The maximum Gasteiger partial charge on any atom is 0.196 e. The predicted molar refractivity (Wildman–Crippen MR) is 116 cm³/mol. The standard InChI is InChI=1S/C21H22BrN3O2S/c1-3-27-19-12-10-18(11-13-19)25-20(16-6-8-17(22)9-7-16)23-24-21(25)28-14-4-5-15(2)26/h6-13H,3-5,14H2,1-2H3. The number of benzene rings is 2. The Morgan fingerprint density at radius 2 is 1.82 bits per heavy atom. The monoisotopic (exact) mass is 459 g/mol. The van der Waals surface area contributed by atoms with Gasteiger partial charge in [-0.05, 0) is 56.7 Å². The lowest BCUT2D eigenvalue weighted by Crippen LogP contribution is -2.01. The topological polar surface area (TPSA) is 57.0 Å². The van der Waals surface area contributed by atoms with Crippen molar-refractivity contribution in [3.8, 4) is 22.8 Å². The molecule has 0 aliphatic rings. The SMILES string of the molecule is CCOc1ccc(-n2c(SCCCC(C)=O)nnc2-c2ccc(Br)cc2)cc1. The first-order chi connectivity index (χ1) is 13.6. The fraction of sp³-hybridized carbons (Fsp3) is 0.286. The van der Waals surface area contributed by atoms with E-state index in [1.807, 2.05) is 55.5 Å². The number of aromatic nitrogens is 3. The molecule has 0 bridgehead atoms. The van der Waals surface area contributed by atoms with Crippen LogP contribution in [0.4, 0.5) is 0 Å². The molecule has 1 aromatic heterocycles. The van der Waals surface area contributed by atoms with E-state index >= 15 is 0 Å². The number of Topliss-reactive ketones (excluding diaryl/α,β-unsaturated/α-hetero) is 1. The number of ketones is 1. The van der Waals surface area contributed by atoms with Crippen LogP contribution in [0.3, 0.4) is 0 Å². The maximum absolute atomic E-state index is 11.2. The van der Waals surface area contributed by atoms with Gasteiger partial charge in [-0.25, -0.2) is 0 Å². The van der Waals surface area contributed by atoms with E-state index < -0.39 is 0 Å². The molecule has 0 aliphatic heterocycles. The Hall–Kier alpha value is -2.12. The number of hydrogen-bond donors (Lipinski definition) is 0. The molecule has 0 fully saturated rings. The molecular weight excluding hydrogens is 438 g/mol. The minimum atomic E-state index is 0.212. The van der Waals surface area contributed by atoms with E-state index in [4.69, 9.17) is 4.74 Å². The van der Waals surface area contributed by atoms with Crippen LogP contribution in [0.5, 0.6) is 5.75 Å². The van der Waals surface area contributed by atoms with Crippen LogP contribution in [0.1, 0.15) is 26.7 Å². The van der Waals surface area contributed by atoms with Crippen LogP contribution in [-0.4, -0.2) is 32.9 Å². The van der Waals surface area contributed by atoms with Gasteiger partial charge in [0.25, 0.3) is 0 Å². The van der Waals surface area contributed by atoms with Crippen molar-refractivity contribution in [1.29, 1.82) is 0 Å². The largest absolute Gasteiger partial charge is 0.494 e. The second-order valence-electron chi connectivity index (χ2n) is 6.23. The summed E-state index contributed by atoms with van der Waals surface area (Å²) in [6.07, 6.45) is 1.41. The summed E-state index contributed by atoms with van der Waals surface area (Å²) in [5.74, 6) is 2.64. The minimum Gasteiger partial charge on any atom is -0.494 e. The van der Waals surface area contributed by atoms with Crippen molar-refractivity contribution in [2.24, 2.45) is 0 Å². The number of hydrogen-bond acceptors (Lipinski definition) is 5. The summed E-state index contributed by atoms with van der Waals surface area (Å²) in [5, 5.41) is 9.67. The summed E-state index contributed by atoms with van der Waals surface area (Å²) in [6, 6.07) is 15.9. The summed E-state index contributed by atoms with van der Waals surface area (Å²) < 4.78 is 8.62. The van der Waals surface area contributed by atoms with Gasteiger partial charge in [-0.2, -0.15) is 0 Å². The highest BCUT2D eigenvalue weighted by molar-refractivity contribution is 9.10. The van der Waals surface area contributed by atoms with Crippen LogP contribution in [0.25, 0.3) is 17.1 Å². The summed E-state index contributed by atoms with van der Waals surface area (Å²) in [7, 11) is 0. The molecule has 28 heavy (non-hydrogen) atoms. The number of carbonyl (C=O) groups excluding carboxylic acids is 1. The number of ether oxygens (including phenoxy) is 1. The van der Waals surface area contributed by atoms with Crippen molar-refractivity contribution >= 4 is 33.5 Å². The van der Waals surface area contributed by atoms with Gasteiger partial charge in [0.05, 0.1) is 6.61 Å². The van der Waals surface area contributed by atoms with Gasteiger partial charge in [0.2, 0.25) is 0 Å². The smallest absolute Gasteiger partial charge is 0.196 e. The molecule has 0 atom stereocenters. The predicted octanol–water partition coefficient (Wildman–Crippen LogP) is 5.56. The van der Waals surface area contributed by atoms with E-state index in [1.54, 1.807) is 18.7 Å². The fourth-order valence-electron chi connectivity index (χ4n) is 2.72. The van der Waals surface area contributed by atoms with Gasteiger partial charge in [0.1, 0.15) is 11.5 Å². The Morgan fingerprint density at radius 3 is 2.46 bits per heavy atom. The minimum absolute atomic E-state index is 0.212. The Morgan fingerprint density at radius 1 is 1.11 bits per heavy atom. The van der Waals surface area contributed by atoms with Crippen molar-refractivity contribution in [3.05, 3.63) is 53.0 Å². The molecule has 0 aliphatic carbocycles. The van der Waals surface area contributed by atoms with Crippen molar-refractivity contribution in [3.63, 3.8) is 0 Å². The van der Waals surface area contributed by atoms with Gasteiger partial charge in [-0.15, -0.1) is 10.2 Å². The first-order valence-corrected chi connectivity index (χ1v) is 10.9. The Balaban J connectivity index is 1.93. The van der Waals surface area contributed by atoms with E-state index in [1.165, 1.54) is 0 Å². The molecule has 0 N–H and O–H groups in total. The zero-order valence-electron chi connectivity index (χ0n) is 15.9. The van der Waals surface area contributed by atoms with Gasteiger partial charge < -0.3 is 9.53 Å². The second kappa shape index (κ2) is 9.89. The maximum atomic E-state index is 11.2. The molecule has 1 heterocycles. The number of thioether (sulfide) groups is 1. The van der Waals surface area contributed by atoms with Gasteiger partial charge in [-0.3, -0.25) is 4.57 Å².